The number of aromatic nitrogens is 3. The third-order valence-electron chi connectivity index (χ3n) is 1.90. The molecule has 0 spiro atoms. The van der Waals surface area contributed by atoms with E-state index in [0.717, 1.165) is 11.8 Å². The van der Waals surface area contributed by atoms with Crippen molar-refractivity contribution in [2.45, 2.75) is 12.1 Å². The molecule has 0 saturated carbocycles. The summed E-state index contributed by atoms with van der Waals surface area (Å²) in [5.41, 5.74) is 0.693. The third kappa shape index (κ3) is 3.17. The second-order valence-electron chi connectivity index (χ2n) is 3.29. The molecular weight excluding hydrogens is 254 g/mol. The van der Waals surface area contributed by atoms with E-state index in [2.05, 4.69) is 15.2 Å². The average Bonchev–Trinajstić information content (AvgIpc) is 2.75. The van der Waals surface area contributed by atoms with E-state index in [9.17, 15) is 4.79 Å². The lowest BCUT2D eigenvalue weighted by atomic mass is 10.2. The fourth-order valence-corrected chi connectivity index (χ4v) is 1.88. The number of carboxylic acid groups (broad SMARTS) is 1. The van der Waals surface area contributed by atoms with Crippen LogP contribution in [-0.4, -0.2) is 26.3 Å². The molecule has 0 aliphatic rings. The first kappa shape index (κ1) is 12.3. The molecule has 2 heterocycles. The zero-order valence-corrected chi connectivity index (χ0v) is 10.2. The number of pyridine rings is 1. The molecule has 2 aromatic heterocycles. The lowest BCUT2D eigenvalue weighted by Gasteiger charge is -1.98. The SMILES string of the molecule is Cc1nnc(S/C(=C\c2cccnc2)C(=O)O)o1. The maximum absolute atomic E-state index is 11.1. The fourth-order valence-electron chi connectivity index (χ4n) is 1.16. The second-order valence-corrected chi connectivity index (χ2v) is 4.28. The first-order chi connectivity index (χ1) is 8.65. The van der Waals surface area contributed by atoms with Gasteiger partial charge >= 0.3 is 5.97 Å². The van der Waals surface area contributed by atoms with Crippen LogP contribution in [0.15, 0.2) is 39.1 Å². The van der Waals surface area contributed by atoms with Gasteiger partial charge in [-0.1, -0.05) is 6.07 Å². The number of thioether (sulfide) groups is 1. The number of hydrogen-bond acceptors (Lipinski definition) is 6. The summed E-state index contributed by atoms with van der Waals surface area (Å²) in [6, 6.07) is 3.49. The minimum atomic E-state index is -1.06. The highest BCUT2D eigenvalue weighted by atomic mass is 32.2. The van der Waals surface area contributed by atoms with Crippen LogP contribution in [0, 0.1) is 6.92 Å². The minimum Gasteiger partial charge on any atom is -0.477 e. The highest BCUT2D eigenvalue weighted by Gasteiger charge is 2.14. The topological polar surface area (TPSA) is 89.1 Å². The first-order valence-corrected chi connectivity index (χ1v) is 5.80. The summed E-state index contributed by atoms with van der Waals surface area (Å²) in [5.74, 6) is -0.664. The van der Waals surface area contributed by atoms with Gasteiger partial charge in [0.05, 0.1) is 0 Å². The fraction of sp³-hybridized carbons (Fsp3) is 0.0909. The van der Waals surface area contributed by atoms with Crippen LogP contribution in [0.2, 0.25) is 0 Å². The number of aliphatic carboxylic acids is 1. The van der Waals surface area contributed by atoms with Crippen LogP contribution in [-0.2, 0) is 4.79 Å². The van der Waals surface area contributed by atoms with Gasteiger partial charge in [0.2, 0.25) is 5.89 Å². The molecular formula is C11H9N3O3S. The van der Waals surface area contributed by atoms with Crippen LogP contribution >= 0.6 is 11.8 Å². The molecule has 0 unspecified atom stereocenters. The molecule has 0 aliphatic heterocycles. The lowest BCUT2D eigenvalue weighted by molar-refractivity contribution is -0.131. The van der Waals surface area contributed by atoms with Crippen LogP contribution in [0.4, 0.5) is 0 Å². The van der Waals surface area contributed by atoms with Crippen LogP contribution in [0.5, 0.6) is 0 Å². The molecule has 0 fully saturated rings. The first-order valence-electron chi connectivity index (χ1n) is 4.98. The minimum absolute atomic E-state index is 0.0895. The summed E-state index contributed by atoms with van der Waals surface area (Å²) < 4.78 is 5.12. The predicted octanol–water partition coefficient (Wildman–Crippen LogP) is 1.99. The largest absolute Gasteiger partial charge is 0.477 e. The molecule has 7 heteroatoms. The molecule has 0 atom stereocenters. The van der Waals surface area contributed by atoms with Crippen molar-refractivity contribution in [2.75, 3.05) is 0 Å². The van der Waals surface area contributed by atoms with E-state index in [1.165, 1.54) is 6.08 Å². The van der Waals surface area contributed by atoms with Crippen LogP contribution in [0.3, 0.4) is 0 Å². The third-order valence-corrected chi connectivity index (χ3v) is 2.75. The van der Waals surface area contributed by atoms with Gasteiger partial charge in [-0.3, -0.25) is 4.98 Å². The van der Waals surface area contributed by atoms with E-state index in [0.29, 0.717) is 11.5 Å². The van der Waals surface area contributed by atoms with Crippen LogP contribution < -0.4 is 0 Å². The van der Waals surface area contributed by atoms with Gasteiger partial charge < -0.3 is 9.52 Å². The van der Waals surface area contributed by atoms with Crippen LogP contribution in [0.1, 0.15) is 11.5 Å². The number of aryl methyl sites for hydroxylation is 1. The Morgan fingerprint density at radius 3 is 2.89 bits per heavy atom. The van der Waals surface area contributed by atoms with Gasteiger partial charge in [0.15, 0.2) is 0 Å². The van der Waals surface area contributed by atoms with Crippen molar-refractivity contribution in [1.29, 1.82) is 0 Å². The quantitative estimate of drug-likeness (QED) is 0.666. The molecule has 92 valence electrons. The van der Waals surface area contributed by atoms with Crippen LogP contribution in [0.25, 0.3) is 6.08 Å². The van der Waals surface area contributed by atoms with Crippen molar-refractivity contribution in [3.05, 3.63) is 40.9 Å². The van der Waals surface area contributed by atoms with Crippen molar-refractivity contribution < 1.29 is 14.3 Å². The normalized spacial score (nSPS) is 11.5. The molecule has 6 nitrogen and oxygen atoms in total. The standard InChI is InChI=1S/C11H9N3O3S/c1-7-13-14-11(17-7)18-9(10(15)16)5-8-3-2-4-12-6-8/h2-6H,1H3,(H,15,16)/b9-5-. The number of rotatable bonds is 4. The van der Waals surface area contributed by atoms with E-state index < -0.39 is 5.97 Å². The molecule has 0 saturated heterocycles. The van der Waals surface area contributed by atoms with E-state index in [1.807, 2.05) is 0 Å². The summed E-state index contributed by atoms with van der Waals surface area (Å²) in [7, 11) is 0. The monoisotopic (exact) mass is 263 g/mol. The summed E-state index contributed by atoms with van der Waals surface area (Å²) in [4.78, 5) is 15.1. The van der Waals surface area contributed by atoms with Crippen molar-refractivity contribution in [1.82, 2.24) is 15.2 Å². The Hall–Kier alpha value is -2.15. The molecule has 18 heavy (non-hydrogen) atoms. The summed E-state index contributed by atoms with van der Waals surface area (Å²) >= 11 is 0.906. The molecule has 0 aliphatic carbocycles. The Labute approximate surface area is 107 Å². The molecule has 0 bridgehead atoms. The number of carboxylic acids is 1. The number of nitrogens with zero attached hydrogens (tertiary/aromatic N) is 3. The molecule has 0 radical (unpaired) electrons. The van der Waals surface area contributed by atoms with E-state index in [4.69, 9.17) is 9.52 Å². The molecule has 0 amide bonds. The van der Waals surface area contributed by atoms with Crippen molar-refractivity contribution in [3.63, 3.8) is 0 Å². The summed E-state index contributed by atoms with van der Waals surface area (Å²) in [6.07, 6.45) is 4.69. The molecule has 0 aromatic carbocycles. The Bertz CT molecular complexity index is 580. The number of carbonyl (C=O) groups is 1. The maximum atomic E-state index is 11.1. The van der Waals surface area contributed by atoms with E-state index in [-0.39, 0.29) is 10.1 Å². The van der Waals surface area contributed by atoms with Gasteiger partial charge in [0, 0.05) is 19.3 Å². The van der Waals surface area contributed by atoms with Gasteiger partial charge in [0.25, 0.3) is 5.22 Å². The zero-order valence-electron chi connectivity index (χ0n) is 9.40. The van der Waals surface area contributed by atoms with Crippen molar-refractivity contribution in [2.24, 2.45) is 0 Å². The van der Waals surface area contributed by atoms with Gasteiger partial charge in [-0.2, -0.15) is 0 Å². The van der Waals surface area contributed by atoms with Gasteiger partial charge in [0.1, 0.15) is 4.91 Å². The zero-order chi connectivity index (χ0) is 13.0. The Kier molecular flexibility index (Phi) is 3.73. The average molecular weight is 263 g/mol. The summed E-state index contributed by atoms with van der Waals surface area (Å²) in [6.45, 7) is 1.64. The molecule has 2 aromatic rings. The summed E-state index contributed by atoms with van der Waals surface area (Å²) in [5, 5.41) is 16.7. The number of hydrogen-bond donors (Lipinski definition) is 1. The molecule has 2 rings (SSSR count). The lowest BCUT2D eigenvalue weighted by Crippen LogP contribution is -1.96. The van der Waals surface area contributed by atoms with E-state index >= 15 is 0 Å². The molecule has 1 N–H and O–H groups in total. The van der Waals surface area contributed by atoms with Crippen molar-refractivity contribution >= 4 is 23.8 Å². The van der Waals surface area contributed by atoms with Gasteiger partial charge in [-0.05, 0) is 29.5 Å². The van der Waals surface area contributed by atoms with Gasteiger partial charge in [-0.25, -0.2) is 4.79 Å². The predicted molar refractivity (Wildman–Crippen MR) is 64.7 cm³/mol. The Balaban J connectivity index is 2.24. The highest BCUT2D eigenvalue weighted by molar-refractivity contribution is 8.03. The second kappa shape index (κ2) is 5.46. The van der Waals surface area contributed by atoms with Gasteiger partial charge in [-0.15, -0.1) is 10.2 Å². The maximum Gasteiger partial charge on any atom is 0.342 e. The Morgan fingerprint density at radius 1 is 1.50 bits per heavy atom. The van der Waals surface area contributed by atoms with Crippen molar-refractivity contribution in [3.8, 4) is 0 Å². The highest BCUT2D eigenvalue weighted by Crippen LogP contribution is 2.27. The Morgan fingerprint density at radius 2 is 2.33 bits per heavy atom. The van der Waals surface area contributed by atoms with E-state index in [1.54, 1.807) is 31.5 Å². The smallest absolute Gasteiger partial charge is 0.342 e.